The number of hydrogen-bond donors (Lipinski definition) is 0. The summed E-state index contributed by atoms with van der Waals surface area (Å²) in [5.74, 6) is 0.450. The minimum absolute atomic E-state index is 0.142. The summed E-state index contributed by atoms with van der Waals surface area (Å²) in [6.45, 7) is 0. The SMILES string of the molecule is COC(=O)c1cnc(Oc2ccc3ccccc3c2)cn1. The molecule has 0 aliphatic heterocycles. The molecule has 0 fully saturated rings. The number of aromatic nitrogens is 2. The van der Waals surface area contributed by atoms with Gasteiger partial charge in [0.2, 0.25) is 5.88 Å². The minimum atomic E-state index is -0.528. The van der Waals surface area contributed by atoms with Crippen LogP contribution in [-0.4, -0.2) is 23.0 Å². The number of esters is 1. The van der Waals surface area contributed by atoms with Gasteiger partial charge in [-0.15, -0.1) is 0 Å². The molecule has 0 unspecified atom stereocenters. The summed E-state index contributed by atoms with van der Waals surface area (Å²) in [5.41, 5.74) is 0.142. The quantitative estimate of drug-likeness (QED) is 0.689. The van der Waals surface area contributed by atoms with Crippen molar-refractivity contribution in [3.05, 3.63) is 60.6 Å². The average molecular weight is 280 g/mol. The van der Waals surface area contributed by atoms with Gasteiger partial charge >= 0.3 is 5.97 Å². The van der Waals surface area contributed by atoms with E-state index in [0.29, 0.717) is 11.6 Å². The molecule has 0 saturated heterocycles. The maximum absolute atomic E-state index is 11.3. The minimum Gasteiger partial charge on any atom is -0.464 e. The molecule has 5 nitrogen and oxygen atoms in total. The first-order chi connectivity index (χ1) is 10.3. The molecule has 5 heteroatoms. The first-order valence-corrected chi connectivity index (χ1v) is 6.33. The van der Waals surface area contributed by atoms with Gasteiger partial charge in [0.05, 0.1) is 19.5 Å². The van der Waals surface area contributed by atoms with Crippen molar-refractivity contribution >= 4 is 16.7 Å². The third kappa shape index (κ3) is 2.81. The Balaban J connectivity index is 1.83. The van der Waals surface area contributed by atoms with Gasteiger partial charge in [-0.2, -0.15) is 0 Å². The first kappa shape index (κ1) is 13.1. The average Bonchev–Trinajstić information content (AvgIpc) is 2.55. The molecule has 3 aromatic rings. The lowest BCUT2D eigenvalue weighted by Crippen LogP contribution is -2.04. The second-order valence-corrected chi connectivity index (χ2v) is 4.34. The highest BCUT2D eigenvalue weighted by Gasteiger charge is 2.08. The Morgan fingerprint density at radius 3 is 2.52 bits per heavy atom. The molecule has 0 saturated carbocycles. The molecule has 0 amide bonds. The molecule has 2 aromatic carbocycles. The summed E-state index contributed by atoms with van der Waals surface area (Å²) in [4.78, 5) is 19.2. The third-order valence-corrected chi connectivity index (χ3v) is 2.97. The third-order valence-electron chi connectivity index (χ3n) is 2.97. The van der Waals surface area contributed by atoms with E-state index >= 15 is 0 Å². The van der Waals surface area contributed by atoms with Crippen LogP contribution in [0.2, 0.25) is 0 Å². The van der Waals surface area contributed by atoms with Gasteiger partial charge < -0.3 is 9.47 Å². The van der Waals surface area contributed by atoms with Crippen molar-refractivity contribution in [1.29, 1.82) is 0 Å². The Morgan fingerprint density at radius 1 is 1.00 bits per heavy atom. The van der Waals surface area contributed by atoms with E-state index in [0.717, 1.165) is 10.8 Å². The van der Waals surface area contributed by atoms with Crippen LogP contribution < -0.4 is 4.74 Å². The number of fused-ring (bicyclic) bond motifs is 1. The van der Waals surface area contributed by atoms with Crippen LogP contribution in [0.1, 0.15) is 10.5 Å². The zero-order valence-electron chi connectivity index (χ0n) is 11.3. The fourth-order valence-electron chi connectivity index (χ4n) is 1.93. The highest BCUT2D eigenvalue weighted by atomic mass is 16.5. The molecular formula is C16H12N2O3. The Morgan fingerprint density at radius 2 is 1.81 bits per heavy atom. The highest BCUT2D eigenvalue weighted by Crippen LogP contribution is 2.24. The van der Waals surface area contributed by atoms with Gasteiger partial charge in [-0.1, -0.05) is 30.3 Å². The molecule has 0 atom stereocenters. The van der Waals surface area contributed by atoms with E-state index in [1.54, 1.807) is 0 Å². The van der Waals surface area contributed by atoms with Gasteiger partial charge in [0.15, 0.2) is 5.69 Å². The van der Waals surface area contributed by atoms with Crippen LogP contribution in [-0.2, 0) is 4.74 Å². The monoisotopic (exact) mass is 280 g/mol. The van der Waals surface area contributed by atoms with Crippen LogP contribution in [0.5, 0.6) is 11.6 Å². The molecule has 21 heavy (non-hydrogen) atoms. The molecule has 1 aromatic heterocycles. The molecule has 0 aliphatic rings. The molecular weight excluding hydrogens is 268 g/mol. The Hall–Kier alpha value is -2.95. The number of methoxy groups -OCH3 is 1. The van der Waals surface area contributed by atoms with Crippen molar-refractivity contribution in [2.75, 3.05) is 7.11 Å². The summed E-state index contributed by atoms with van der Waals surface area (Å²) in [6.07, 6.45) is 2.71. The van der Waals surface area contributed by atoms with Crippen molar-refractivity contribution in [2.24, 2.45) is 0 Å². The summed E-state index contributed by atoms with van der Waals surface area (Å²) < 4.78 is 10.2. The fraction of sp³-hybridized carbons (Fsp3) is 0.0625. The van der Waals surface area contributed by atoms with Crippen LogP contribution in [0.15, 0.2) is 54.9 Å². The van der Waals surface area contributed by atoms with E-state index in [4.69, 9.17) is 4.74 Å². The van der Waals surface area contributed by atoms with Crippen LogP contribution in [0.4, 0.5) is 0 Å². The molecule has 0 aliphatic carbocycles. The van der Waals surface area contributed by atoms with E-state index in [1.165, 1.54) is 19.5 Å². The molecule has 0 radical (unpaired) electrons. The smallest absolute Gasteiger partial charge is 0.358 e. The fourth-order valence-corrected chi connectivity index (χ4v) is 1.93. The van der Waals surface area contributed by atoms with E-state index in [-0.39, 0.29) is 5.69 Å². The molecule has 0 spiro atoms. The number of carbonyl (C=O) groups excluding carboxylic acids is 1. The van der Waals surface area contributed by atoms with Crippen molar-refractivity contribution in [1.82, 2.24) is 9.97 Å². The summed E-state index contributed by atoms with van der Waals surface area (Å²) in [6, 6.07) is 13.7. The molecule has 0 bridgehead atoms. The van der Waals surface area contributed by atoms with Crippen LogP contribution in [0.3, 0.4) is 0 Å². The predicted octanol–water partition coefficient (Wildman–Crippen LogP) is 3.21. The van der Waals surface area contributed by atoms with Crippen LogP contribution >= 0.6 is 0 Å². The number of carbonyl (C=O) groups is 1. The van der Waals surface area contributed by atoms with Crippen LogP contribution in [0.25, 0.3) is 10.8 Å². The topological polar surface area (TPSA) is 61.3 Å². The van der Waals surface area contributed by atoms with Crippen molar-refractivity contribution in [2.45, 2.75) is 0 Å². The van der Waals surface area contributed by atoms with E-state index in [1.807, 2.05) is 42.5 Å². The van der Waals surface area contributed by atoms with Gasteiger partial charge in [0.1, 0.15) is 5.75 Å². The van der Waals surface area contributed by atoms with E-state index in [2.05, 4.69) is 14.7 Å². The number of rotatable bonds is 3. The lowest BCUT2D eigenvalue weighted by molar-refractivity contribution is 0.0593. The van der Waals surface area contributed by atoms with Crippen LogP contribution in [0, 0.1) is 0 Å². The van der Waals surface area contributed by atoms with Gasteiger partial charge in [0, 0.05) is 0 Å². The maximum atomic E-state index is 11.3. The molecule has 104 valence electrons. The first-order valence-electron chi connectivity index (χ1n) is 6.33. The Bertz CT molecular complexity index is 785. The number of ether oxygens (including phenoxy) is 2. The largest absolute Gasteiger partial charge is 0.464 e. The van der Waals surface area contributed by atoms with Gasteiger partial charge in [-0.25, -0.2) is 14.8 Å². The molecule has 0 N–H and O–H groups in total. The normalized spacial score (nSPS) is 10.3. The summed E-state index contributed by atoms with van der Waals surface area (Å²) in [7, 11) is 1.30. The number of nitrogens with zero attached hydrogens (tertiary/aromatic N) is 2. The van der Waals surface area contributed by atoms with Crippen molar-refractivity contribution < 1.29 is 14.3 Å². The van der Waals surface area contributed by atoms with Gasteiger partial charge in [0.25, 0.3) is 0 Å². The molecule has 1 heterocycles. The maximum Gasteiger partial charge on any atom is 0.358 e. The van der Waals surface area contributed by atoms with Gasteiger partial charge in [-0.05, 0) is 22.9 Å². The zero-order chi connectivity index (χ0) is 14.7. The Kier molecular flexibility index (Phi) is 3.47. The lowest BCUT2D eigenvalue weighted by atomic mass is 10.1. The summed E-state index contributed by atoms with van der Waals surface area (Å²) >= 11 is 0. The van der Waals surface area contributed by atoms with E-state index < -0.39 is 5.97 Å². The lowest BCUT2D eigenvalue weighted by Gasteiger charge is -2.06. The van der Waals surface area contributed by atoms with E-state index in [9.17, 15) is 4.79 Å². The number of benzene rings is 2. The molecule has 3 rings (SSSR count). The van der Waals surface area contributed by atoms with Crippen molar-refractivity contribution in [3.8, 4) is 11.6 Å². The summed E-state index contributed by atoms with van der Waals surface area (Å²) in [5, 5.41) is 2.21. The highest BCUT2D eigenvalue weighted by molar-refractivity contribution is 5.86. The van der Waals surface area contributed by atoms with Gasteiger partial charge in [-0.3, -0.25) is 0 Å². The standard InChI is InChI=1S/C16H12N2O3/c1-20-16(19)14-9-18-15(10-17-14)21-13-7-6-11-4-2-3-5-12(11)8-13/h2-10H,1H3. The van der Waals surface area contributed by atoms with Crippen molar-refractivity contribution in [3.63, 3.8) is 0 Å². The Labute approximate surface area is 121 Å². The second-order valence-electron chi connectivity index (χ2n) is 4.34. The zero-order valence-corrected chi connectivity index (χ0v) is 11.3. The second kappa shape index (κ2) is 5.58. The number of hydrogen-bond acceptors (Lipinski definition) is 5. The predicted molar refractivity (Wildman–Crippen MR) is 77.4 cm³/mol.